The molecular weight excluding hydrogens is 524 g/mol. The number of benzene rings is 2. The predicted molar refractivity (Wildman–Crippen MR) is 151 cm³/mol. The molecule has 3 aromatic rings. The van der Waals surface area contributed by atoms with E-state index < -0.39 is 0 Å². The molecule has 2 atom stereocenters. The lowest BCUT2D eigenvalue weighted by atomic mass is 9.73. The first-order chi connectivity index (χ1) is 18.0. The zero-order valence-electron chi connectivity index (χ0n) is 20.6. The van der Waals surface area contributed by atoms with Crippen LogP contribution in [0.4, 0.5) is 11.5 Å². The highest BCUT2D eigenvalue weighted by Gasteiger charge is 2.47. The van der Waals surface area contributed by atoms with Crippen LogP contribution in [0.3, 0.4) is 0 Å². The van der Waals surface area contributed by atoms with Gasteiger partial charge in [0.1, 0.15) is 17.2 Å². The Morgan fingerprint density at radius 3 is 2.65 bits per heavy atom. The summed E-state index contributed by atoms with van der Waals surface area (Å²) in [5.74, 6) is 0.901. The molecule has 3 aliphatic heterocycles. The maximum absolute atomic E-state index is 6.86. The molecule has 0 unspecified atom stereocenters. The van der Waals surface area contributed by atoms with Crippen molar-refractivity contribution in [3.8, 4) is 0 Å². The number of nitrogens with two attached hydrogens (primary N) is 1. The molecule has 192 valence electrons. The Morgan fingerprint density at radius 1 is 1.14 bits per heavy atom. The molecule has 0 bridgehead atoms. The van der Waals surface area contributed by atoms with Gasteiger partial charge in [0, 0.05) is 29.4 Å². The van der Waals surface area contributed by atoms with Crippen LogP contribution in [0.25, 0.3) is 0 Å². The van der Waals surface area contributed by atoms with Crippen LogP contribution in [0, 0.1) is 5.41 Å². The van der Waals surface area contributed by atoms with Crippen molar-refractivity contribution >= 4 is 53.2 Å². The summed E-state index contributed by atoms with van der Waals surface area (Å²) < 4.78 is 7.95. The number of aliphatic imine (C=N–C) groups is 1. The van der Waals surface area contributed by atoms with Gasteiger partial charge in [0.15, 0.2) is 0 Å². The molecule has 2 N–H and O–H groups in total. The summed E-state index contributed by atoms with van der Waals surface area (Å²) in [7, 11) is 0. The number of piperidine rings is 1. The van der Waals surface area contributed by atoms with Crippen molar-refractivity contribution in [2.45, 2.75) is 53.3 Å². The molecule has 10 heteroatoms. The third kappa shape index (κ3) is 5.07. The number of ether oxygens (including phenoxy) is 1. The third-order valence-electron chi connectivity index (χ3n) is 7.52. The molecule has 37 heavy (non-hydrogen) atoms. The monoisotopic (exact) mass is 552 g/mol. The van der Waals surface area contributed by atoms with Crippen molar-refractivity contribution in [1.82, 2.24) is 14.3 Å². The topological polar surface area (TPSA) is 79.9 Å². The maximum Gasteiger partial charge on any atom is 0.147 e. The fourth-order valence-corrected chi connectivity index (χ4v) is 7.35. The summed E-state index contributed by atoms with van der Waals surface area (Å²) in [5, 5.41) is 1.50. The van der Waals surface area contributed by atoms with Gasteiger partial charge in [-0.3, -0.25) is 4.31 Å². The first kappa shape index (κ1) is 25.0. The van der Waals surface area contributed by atoms with Gasteiger partial charge in [-0.15, -0.1) is 0 Å². The Bertz CT molecular complexity index is 1280. The predicted octanol–water partition coefficient (Wildman–Crippen LogP) is 5.80. The van der Waals surface area contributed by atoms with Crippen molar-refractivity contribution in [1.29, 1.82) is 0 Å². The molecule has 2 aromatic carbocycles. The molecule has 1 aromatic heterocycles. The maximum atomic E-state index is 6.86. The average molecular weight is 553 g/mol. The molecule has 0 amide bonds. The van der Waals surface area contributed by atoms with Crippen molar-refractivity contribution in [2.75, 3.05) is 24.6 Å². The summed E-state index contributed by atoms with van der Waals surface area (Å²) >= 11 is 9.99. The number of halogens is 1. The van der Waals surface area contributed by atoms with Gasteiger partial charge >= 0.3 is 0 Å². The standard InChI is InChI=1S/C27H29ClN6OS2/c1-18-26(29)27(16-35-18)9-11-33(12-10-27)22-13-31-23(14-30-22)36-21-8-7-20-25(24(21)28)37-34(17-32-20)15-19-5-3-2-4-6-19/h2-8,13-14,17-18,26H,9-12,15-16,29H2,1H3/t18-,26+/m0/s1. The molecule has 7 nitrogen and oxygen atoms in total. The highest BCUT2D eigenvalue weighted by Crippen LogP contribution is 2.46. The lowest BCUT2D eigenvalue weighted by molar-refractivity contribution is 0.0974. The highest BCUT2D eigenvalue weighted by atomic mass is 35.5. The van der Waals surface area contributed by atoms with Crippen molar-refractivity contribution in [3.05, 3.63) is 65.4 Å². The molecule has 0 saturated carbocycles. The fourth-order valence-electron chi connectivity index (χ4n) is 5.19. The molecule has 0 radical (unpaired) electrons. The summed E-state index contributed by atoms with van der Waals surface area (Å²) in [5.41, 5.74) is 8.67. The second kappa shape index (κ2) is 10.5. The number of hydrogen-bond donors (Lipinski definition) is 1. The quantitative estimate of drug-likeness (QED) is 0.398. The number of hydrogen-bond acceptors (Lipinski definition) is 9. The van der Waals surface area contributed by atoms with E-state index in [4.69, 9.17) is 32.0 Å². The number of nitrogens with zero attached hydrogens (tertiary/aromatic N) is 5. The minimum Gasteiger partial charge on any atom is -0.376 e. The minimum absolute atomic E-state index is 0.0983. The Hall–Kier alpha value is -2.30. The van der Waals surface area contributed by atoms with Crippen LogP contribution in [0.15, 0.2) is 74.7 Å². The summed E-state index contributed by atoms with van der Waals surface area (Å²) in [6, 6.07) is 14.5. The van der Waals surface area contributed by atoms with E-state index in [2.05, 4.69) is 33.3 Å². The van der Waals surface area contributed by atoms with Crippen LogP contribution in [0.2, 0.25) is 5.02 Å². The molecule has 1 spiro atoms. The van der Waals surface area contributed by atoms with Crippen LogP contribution < -0.4 is 10.6 Å². The van der Waals surface area contributed by atoms with E-state index in [9.17, 15) is 0 Å². The van der Waals surface area contributed by atoms with Crippen LogP contribution in [0.1, 0.15) is 25.3 Å². The molecule has 0 aliphatic carbocycles. The van der Waals surface area contributed by atoms with E-state index >= 15 is 0 Å². The van der Waals surface area contributed by atoms with Crippen molar-refractivity contribution in [2.24, 2.45) is 16.1 Å². The molecule has 6 rings (SSSR count). The van der Waals surface area contributed by atoms with E-state index in [-0.39, 0.29) is 17.6 Å². The lowest BCUT2D eigenvalue weighted by Gasteiger charge is -2.41. The van der Waals surface area contributed by atoms with Gasteiger partial charge in [0.2, 0.25) is 0 Å². The normalized spacial score (nSPS) is 22.5. The van der Waals surface area contributed by atoms with Crippen molar-refractivity contribution < 1.29 is 4.74 Å². The van der Waals surface area contributed by atoms with Gasteiger partial charge in [-0.1, -0.05) is 53.7 Å². The summed E-state index contributed by atoms with van der Waals surface area (Å²) in [4.78, 5) is 18.2. The van der Waals surface area contributed by atoms with Crippen molar-refractivity contribution in [3.63, 3.8) is 0 Å². The van der Waals surface area contributed by atoms with E-state index in [1.54, 1.807) is 11.9 Å². The van der Waals surface area contributed by atoms with E-state index in [0.717, 1.165) is 65.4 Å². The largest absolute Gasteiger partial charge is 0.376 e. The fraction of sp³-hybridized carbons (Fsp3) is 0.370. The van der Waals surface area contributed by atoms with Crippen LogP contribution in [-0.2, 0) is 11.3 Å². The first-order valence-electron chi connectivity index (χ1n) is 12.5. The van der Waals surface area contributed by atoms with Crippen LogP contribution in [0.5, 0.6) is 0 Å². The SMILES string of the molecule is C[C@@H]1OCC2(CCN(c3cnc(Sc4ccc5c(c4Cl)SN(Cc4ccccc4)C=N5)cn3)CC2)[C@@H]1N. The second-order valence-corrected chi connectivity index (χ2v) is 12.3. The second-order valence-electron chi connectivity index (χ2n) is 9.83. The first-order valence-corrected chi connectivity index (χ1v) is 14.4. The van der Waals surface area contributed by atoms with Gasteiger partial charge in [-0.05, 0) is 49.4 Å². The number of anilines is 1. The Labute approximate surface area is 231 Å². The van der Waals surface area contributed by atoms with Crippen LogP contribution >= 0.6 is 35.3 Å². The average Bonchev–Trinajstić information content (AvgIpc) is 3.20. The van der Waals surface area contributed by atoms with E-state index in [1.807, 2.05) is 49.1 Å². The smallest absolute Gasteiger partial charge is 0.147 e. The zero-order valence-corrected chi connectivity index (χ0v) is 23.0. The molecule has 2 saturated heterocycles. The highest BCUT2D eigenvalue weighted by molar-refractivity contribution is 7.99. The van der Waals surface area contributed by atoms with E-state index in [0.29, 0.717) is 5.02 Å². The molecule has 3 aliphatic rings. The number of rotatable bonds is 5. The van der Waals surface area contributed by atoms with Crippen LogP contribution in [-0.4, -0.2) is 52.5 Å². The summed E-state index contributed by atoms with van der Waals surface area (Å²) in [6.45, 7) is 5.43. The van der Waals surface area contributed by atoms with Gasteiger partial charge < -0.3 is 15.4 Å². The zero-order chi connectivity index (χ0) is 25.4. The Kier molecular flexibility index (Phi) is 7.07. The number of fused-ring (bicyclic) bond motifs is 1. The van der Waals surface area contributed by atoms with Gasteiger partial charge in [-0.2, -0.15) is 0 Å². The van der Waals surface area contributed by atoms with Gasteiger partial charge in [0.05, 0.1) is 47.3 Å². The van der Waals surface area contributed by atoms with Gasteiger partial charge in [0.25, 0.3) is 0 Å². The Balaban J connectivity index is 1.11. The number of aromatic nitrogens is 2. The molecular formula is C27H29ClN6OS2. The lowest BCUT2D eigenvalue weighted by Crippen LogP contribution is -2.50. The molecule has 4 heterocycles. The minimum atomic E-state index is 0.0983. The molecule has 2 fully saturated rings. The summed E-state index contributed by atoms with van der Waals surface area (Å²) in [6.07, 6.45) is 7.73. The van der Waals surface area contributed by atoms with E-state index in [1.165, 1.54) is 17.3 Å². The Morgan fingerprint density at radius 2 is 1.95 bits per heavy atom. The third-order valence-corrected chi connectivity index (χ3v) is 10.2. The van der Waals surface area contributed by atoms with Gasteiger partial charge in [-0.25, -0.2) is 15.0 Å².